The van der Waals surface area contributed by atoms with Gasteiger partial charge in [0, 0.05) is 15.9 Å². The Morgan fingerprint density at radius 3 is 2.30 bits per heavy atom. The summed E-state index contributed by atoms with van der Waals surface area (Å²) in [5, 5.41) is 3.66. The lowest BCUT2D eigenvalue weighted by molar-refractivity contribution is 0.0541. The number of benzene rings is 1. The van der Waals surface area contributed by atoms with E-state index in [9.17, 15) is 0 Å². The summed E-state index contributed by atoms with van der Waals surface area (Å²) in [6.07, 6.45) is 1.51. The van der Waals surface area contributed by atoms with Gasteiger partial charge in [0.25, 0.3) is 0 Å². The predicted octanol–water partition coefficient (Wildman–Crippen LogP) is 8.88. The number of hydrogen-bond acceptors (Lipinski definition) is 7. The number of fused-ring (bicyclic) bond motifs is 1. The molecule has 12 heteroatoms. The van der Waals surface area contributed by atoms with Crippen LogP contribution in [0.1, 0.15) is 52.5 Å². The SMILES string of the molecule is CC(C)(C)[Si](C)(C)O[C@H]1[C@H](n2cnc3c(NCc4cccc(I)c4)nc(Cl)nc32)S[CH][C@H]1O[Si](C)(C)C(C)(C)C. The summed E-state index contributed by atoms with van der Waals surface area (Å²) in [7, 11) is -4.19. The normalized spacial score (nSPS) is 20.9. The molecule has 1 radical (unpaired) electrons. The standard InChI is InChI=1S/C28H42ClIN5O2SSi2/c1-27(2,3)39(7,8)36-20-16-38-25(22(20)37-40(9,10)28(4,5)6)35-17-32-21-23(33-26(29)34-24(21)35)31-15-18-12-11-13-19(30)14-18/h11-14,16-17,20,22,25H,15H2,1-10H3,(H,31,33,34)/t20-,22-,25-/m1/s1. The van der Waals surface area contributed by atoms with Crippen LogP contribution in [-0.4, -0.2) is 48.4 Å². The lowest BCUT2D eigenvalue weighted by atomic mass is 10.2. The van der Waals surface area contributed by atoms with Crippen molar-refractivity contribution in [2.75, 3.05) is 5.32 Å². The Labute approximate surface area is 264 Å². The number of rotatable bonds is 8. The lowest BCUT2D eigenvalue weighted by Gasteiger charge is -2.44. The second kappa shape index (κ2) is 11.8. The molecule has 1 N–H and O–H groups in total. The first-order valence-electron chi connectivity index (χ1n) is 13.6. The maximum Gasteiger partial charge on any atom is 0.226 e. The summed E-state index contributed by atoms with van der Waals surface area (Å²) in [6, 6.07) is 8.35. The van der Waals surface area contributed by atoms with Crippen LogP contribution < -0.4 is 5.32 Å². The maximum atomic E-state index is 7.14. The second-order valence-corrected chi connectivity index (χ2v) is 25.6. The summed E-state index contributed by atoms with van der Waals surface area (Å²) >= 11 is 10.5. The Bertz CT molecular complexity index is 1360. The highest BCUT2D eigenvalue weighted by molar-refractivity contribution is 14.1. The minimum absolute atomic E-state index is 0.0567. The molecule has 0 aliphatic carbocycles. The molecular weight excluding hydrogens is 689 g/mol. The quantitative estimate of drug-likeness (QED) is 0.141. The molecule has 0 unspecified atom stereocenters. The highest BCUT2D eigenvalue weighted by Crippen LogP contribution is 2.50. The van der Waals surface area contributed by atoms with Gasteiger partial charge in [-0.05, 0) is 88.2 Å². The Hall–Kier alpha value is -0.706. The zero-order chi connectivity index (χ0) is 29.7. The molecule has 1 fully saturated rings. The van der Waals surface area contributed by atoms with E-state index in [2.05, 4.69) is 140 Å². The molecule has 0 spiro atoms. The van der Waals surface area contributed by atoms with Gasteiger partial charge in [0.2, 0.25) is 5.28 Å². The third-order valence-electron chi connectivity index (χ3n) is 8.45. The molecule has 4 rings (SSSR count). The van der Waals surface area contributed by atoms with E-state index in [1.165, 1.54) is 3.57 Å². The third-order valence-corrected chi connectivity index (χ3v) is 19.4. The van der Waals surface area contributed by atoms with E-state index in [-0.39, 0.29) is 32.9 Å². The number of thioether (sulfide) groups is 1. The molecular formula is C28H42ClIN5O2SSi2. The second-order valence-electron chi connectivity index (χ2n) is 13.5. The van der Waals surface area contributed by atoms with E-state index in [1.54, 1.807) is 11.8 Å². The minimum Gasteiger partial charge on any atom is -0.410 e. The van der Waals surface area contributed by atoms with Crippen LogP contribution in [0, 0.1) is 9.32 Å². The molecule has 1 aliphatic rings. The zero-order valence-electron chi connectivity index (χ0n) is 25.2. The molecule has 3 atom stereocenters. The van der Waals surface area contributed by atoms with Gasteiger partial charge in [-0.25, -0.2) is 4.98 Å². The van der Waals surface area contributed by atoms with Crippen molar-refractivity contribution in [1.82, 2.24) is 19.5 Å². The molecule has 1 aromatic carbocycles. The van der Waals surface area contributed by atoms with E-state index >= 15 is 0 Å². The number of nitrogens with zero attached hydrogens (tertiary/aromatic N) is 4. The van der Waals surface area contributed by atoms with E-state index < -0.39 is 16.6 Å². The zero-order valence-corrected chi connectivity index (χ0v) is 30.9. The van der Waals surface area contributed by atoms with Crippen LogP contribution in [0.5, 0.6) is 0 Å². The van der Waals surface area contributed by atoms with Crippen LogP contribution in [0.2, 0.25) is 41.5 Å². The van der Waals surface area contributed by atoms with Gasteiger partial charge in [-0.3, -0.25) is 4.57 Å². The van der Waals surface area contributed by atoms with Crippen molar-refractivity contribution in [3.63, 3.8) is 0 Å². The molecule has 0 saturated carbocycles. The summed E-state index contributed by atoms with van der Waals surface area (Å²) in [6.45, 7) is 23.4. The van der Waals surface area contributed by atoms with Gasteiger partial charge >= 0.3 is 0 Å². The predicted molar refractivity (Wildman–Crippen MR) is 182 cm³/mol. The first-order chi connectivity index (χ1) is 18.4. The molecule has 2 aromatic heterocycles. The van der Waals surface area contributed by atoms with E-state index in [0.29, 0.717) is 23.5 Å². The molecule has 1 aliphatic heterocycles. The first kappa shape index (κ1) is 32.2. The molecule has 40 heavy (non-hydrogen) atoms. The van der Waals surface area contributed by atoms with Crippen molar-refractivity contribution in [3.05, 3.63) is 50.8 Å². The minimum atomic E-state index is -2.13. The maximum absolute atomic E-state index is 7.14. The fraction of sp³-hybridized carbons (Fsp3) is 0.571. The highest BCUT2D eigenvalue weighted by atomic mass is 127. The average molecular weight is 731 g/mol. The van der Waals surface area contributed by atoms with E-state index in [4.69, 9.17) is 25.4 Å². The van der Waals surface area contributed by atoms with E-state index in [1.807, 2.05) is 6.33 Å². The number of halogens is 2. The van der Waals surface area contributed by atoms with Crippen LogP contribution in [0.4, 0.5) is 5.82 Å². The molecule has 1 saturated heterocycles. The molecule has 219 valence electrons. The Morgan fingerprint density at radius 1 is 1.02 bits per heavy atom. The van der Waals surface area contributed by atoms with Crippen molar-refractivity contribution in [2.45, 2.75) is 102 Å². The summed E-state index contributed by atoms with van der Waals surface area (Å²) < 4.78 is 17.4. The first-order valence-corrected chi connectivity index (χ1v) is 21.8. The number of hydrogen-bond donors (Lipinski definition) is 1. The van der Waals surface area contributed by atoms with Crippen molar-refractivity contribution in [2.24, 2.45) is 0 Å². The summed E-state index contributed by atoms with van der Waals surface area (Å²) in [4.78, 5) is 13.9. The fourth-order valence-electron chi connectivity index (χ4n) is 3.99. The van der Waals surface area contributed by atoms with Crippen LogP contribution >= 0.6 is 46.0 Å². The topological polar surface area (TPSA) is 74.1 Å². The summed E-state index contributed by atoms with van der Waals surface area (Å²) in [5.74, 6) is 2.84. The monoisotopic (exact) mass is 730 g/mol. The van der Waals surface area contributed by atoms with Crippen molar-refractivity contribution >= 4 is 79.6 Å². The van der Waals surface area contributed by atoms with Crippen LogP contribution in [-0.2, 0) is 15.4 Å². The Morgan fingerprint density at radius 2 is 1.68 bits per heavy atom. The van der Waals surface area contributed by atoms with Crippen LogP contribution in [0.3, 0.4) is 0 Å². The van der Waals surface area contributed by atoms with Crippen LogP contribution in [0.25, 0.3) is 11.2 Å². The van der Waals surface area contributed by atoms with Crippen molar-refractivity contribution in [3.8, 4) is 0 Å². The van der Waals surface area contributed by atoms with Crippen molar-refractivity contribution in [1.29, 1.82) is 0 Å². The fourth-order valence-corrected chi connectivity index (χ4v) is 8.66. The number of imidazole rings is 1. The highest BCUT2D eigenvalue weighted by Gasteiger charge is 2.50. The van der Waals surface area contributed by atoms with Gasteiger partial charge in [-0.15, -0.1) is 11.8 Å². The van der Waals surface area contributed by atoms with Gasteiger partial charge in [0.15, 0.2) is 33.6 Å². The molecule has 7 nitrogen and oxygen atoms in total. The smallest absolute Gasteiger partial charge is 0.226 e. The van der Waals surface area contributed by atoms with Gasteiger partial charge in [-0.1, -0.05) is 53.7 Å². The molecule has 0 amide bonds. The molecule has 3 aromatic rings. The van der Waals surface area contributed by atoms with Gasteiger partial charge in [0.1, 0.15) is 11.5 Å². The van der Waals surface area contributed by atoms with Gasteiger partial charge < -0.3 is 14.2 Å². The average Bonchev–Trinajstić information content (AvgIpc) is 3.39. The number of anilines is 1. The number of nitrogens with one attached hydrogen (secondary N) is 1. The van der Waals surface area contributed by atoms with Crippen molar-refractivity contribution < 1.29 is 8.85 Å². The Balaban J connectivity index is 1.70. The Kier molecular flexibility index (Phi) is 9.47. The van der Waals surface area contributed by atoms with Gasteiger partial charge in [-0.2, -0.15) is 9.97 Å². The molecule has 0 bridgehead atoms. The lowest BCUT2D eigenvalue weighted by Crippen LogP contribution is -2.51. The van der Waals surface area contributed by atoms with Gasteiger partial charge in [0.05, 0.1) is 12.4 Å². The largest absolute Gasteiger partial charge is 0.410 e. The van der Waals surface area contributed by atoms with Crippen LogP contribution in [0.15, 0.2) is 30.6 Å². The van der Waals surface area contributed by atoms with E-state index in [0.717, 1.165) is 5.56 Å². The number of aromatic nitrogens is 4. The third kappa shape index (κ3) is 6.91. The molecule has 3 heterocycles. The summed E-state index contributed by atoms with van der Waals surface area (Å²) in [5.41, 5.74) is 2.53.